The number of nitrogens with one attached hydrogen (secondary N) is 2. The molecule has 1 aliphatic rings. The van der Waals surface area contributed by atoms with E-state index in [1.807, 2.05) is 65.5 Å². The smallest absolute Gasteiger partial charge is 0.224 e. The van der Waals surface area contributed by atoms with Crippen LogP contribution in [0.1, 0.15) is 5.56 Å². The van der Waals surface area contributed by atoms with Gasteiger partial charge in [0.15, 0.2) is 0 Å². The maximum Gasteiger partial charge on any atom is 0.224 e. The molecule has 1 aliphatic heterocycles. The van der Waals surface area contributed by atoms with Crippen molar-refractivity contribution in [3.05, 3.63) is 66.4 Å². The first kappa shape index (κ1) is 20.9. The first-order chi connectivity index (χ1) is 13.7. The molecular weight excluding hydrogens is 388 g/mol. The summed E-state index contributed by atoms with van der Waals surface area (Å²) in [6.45, 7) is 2.67. The van der Waals surface area contributed by atoms with Crippen LogP contribution in [-0.4, -0.2) is 42.4 Å². The molecule has 2 N–H and O–H groups in total. The second kappa shape index (κ2) is 9.58. The minimum absolute atomic E-state index is 0. The average Bonchev–Trinajstić information content (AvgIpc) is 3.11. The first-order valence-electron chi connectivity index (χ1n) is 9.49. The third-order valence-electron chi connectivity index (χ3n) is 4.98. The van der Waals surface area contributed by atoms with Crippen LogP contribution in [0.5, 0.6) is 5.75 Å². The molecule has 2 heterocycles. The third kappa shape index (κ3) is 4.96. The Morgan fingerprint density at radius 2 is 1.90 bits per heavy atom. The summed E-state index contributed by atoms with van der Waals surface area (Å²) in [5, 5.41) is 11.0. The monoisotopic (exact) mass is 412 g/mol. The molecule has 0 saturated carbocycles. The Morgan fingerprint density at radius 3 is 2.52 bits per heavy atom. The summed E-state index contributed by atoms with van der Waals surface area (Å²) < 4.78 is 7.08. The van der Waals surface area contributed by atoms with E-state index in [0.29, 0.717) is 12.3 Å². The molecule has 4 rings (SSSR count). The molecule has 2 aromatic carbocycles. The number of para-hydroxylation sites is 1. The second-order valence-electron chi connectivity index (χ2n) is 7.02. The van der Waals surface area contributed by atoms with Gasteiger partial charge in [0.05, 0.1) is 24.9 Å². The maximum absolute atomic E-state index is 12.5. The van der Waals surface area contributed by atoms with Gasteiger partial charge in [-0.25, -0.2) is 4.68 Å². The summed E-state index contributed by atoms with van der Waals surface area (Å²) in [5.41, 5.74) is 3.64. The van der Waals surface area contributed by atoms with Crippen molar-refractivity contribution in [2.24, 2.45) is 5.92 Å². The van der Waals surface area contributed by atoms with E-state index < -0.39 is 0 Å². The van der Waals surface area contributed by atoms with Gasteiger partial charge < -0.3 is 15.4 Å². The number of benzene rings is 2. The Labute approximate surface area is 176 Å². The van der Waals surface area contributed by atoms with E-state index in [4.69, 9.17) is 9.84 Å². The molecule has 152 valence electrons. The molecule has 0 atom stereocenters. The highest BCUT2D eigenvalue weighted by Gasteiger charge is 2.19. The summed E-state index contributed by atoms with van der Waals surface area (Å²) in [5.74, 6) is 1.35. The topological polar surface area (TPSA) is 68.2 Å². The summed E-state index contributed by atoms with van der Waals surface area (Å²) in [7, 11) is 1.65. The predicted octanol–water partition coefficient (Wildman–Crippen LogP) is 2.85. The summed E-state index contributed by atoms with van der Waals surface area (Å²) in [4.78, 5) is 12.5. The van der Waals surface area contributed by atoms with Gasteiger partial charge in [-0.15, -0.1) is 12.4 Å². The number of ether oxygens (including phenoxy) is 1. The Hall–Kier alpha value is -2.83. The van der Waals surface area contributed by atoms with Crippen LogP contribution >= 0.6 is 12.4 Å². The molecule has 0 aliphatic carbocycles. The van der Waals surface area contributed by atoms with Gasteiger partial charge in [-0.3, -0.25) is 4.79 Å². The average molecular weight is 413 g/mol. The number of carbonyl (C=O) groups excluding carboxylic acids is 1. The Bertz CT molecular complexity index is 937. The number of amides is 1. The highest BCUT2D eigenvalue weighted by atomic mass is 35.5. The Balaban J connectivity index is 0.00000240. The fourth-order valence-corrected chi connectivity index (χ4v) is 3.23. The summed E-state index contributed by atoms with van der Waals surface area (Å²) in [6, 6.07) is 17.7. The molecule has 6 nitrogen and oxygen atoms in total. The van der Waals surface area contributed by atoms with Crippen LogP contribution in [-0.2, 0) is 11.2 Å². The fraction of sp³-hybridized carbons (Fsp3) is 0.273. The van der Waals surface area contributed by atoms with E-state index in [-0.39, 0.29) is 18.3 Å². The Morgan fingerprint density at radius 1 is 1.17 bits per heavy atom. The van der Waals surface area contributed by atoms with Gasteiger partial charge in [-0.2, -0.15) is 5.10 Å². The van der Waals surface area contributed by atoms with E-state index in [2.05, 4.69) is 10.6 Å². The quantitative estimate of drug-likeness (QED) is 0.626. The van der Waals surface area contributed by atoms with E-state index >= 15 is 0 Å². The van der Waals surface area contributed by atoms with Crippen molar-refractivity contribution < 1.29 is 9.53 Å². The number of rotatable bonds is 7. The molecule has 1 fully saturated rings. The predicted molar refractivity (Wildman–Crippen MR) is 116 cm³/mol. The SMILES string of the molecule is COc1ccc(-c2nn(-c3ccccc3)cc2CC(=O)NCC2CNC2)cc1.Cl. The zero-order valence-corrected chi connectivity index (χ0v) is 17.1. The number of halogens is 1. The third-order valence-corrected chi connectivity index (χ3v) is 4.98. The van der Waals surface area contributed by atoms with Crippen molar-refractivity contribution in [2.45, 2.75) is 6.42 Å². The number of carbonyl (C=O) groups is 1. The number of hydrogen-bond acceptors (Lipinski definition) is 4. The molecular formula is C22H25ClN4O2. The van der Waals surface area contributed by atoms with Crippen LogP contribution < -0.4 is 15.4 Å². The molecule has 29 heavy (non-hydrogen) atoms. The van der Waals surface area contributed by atoms with Gasteiger partial charge in [0.25, 0.3) is 0 Å². The number of hydrogen-bond donors (Lipinski definition) is 2. The molecule has 0 radical (unpaired) electrons. The largest absolute Gasteiger partial charge is 0.497 e. The molecule has 1 aromatic heterocycles. The minimum atomic E-state index is 0. The van der Waals surface area contributed by atoms with E-state index in [1.54, 1.807) is 7.11 Å². The fourth-order valence-electron chi connectivity index (χ4n) is 3.23. The van der Waals surface area contributed by atoms with Crippen molar-refractivity contribution in [1.29, 1.82) is 0 Å². The van der Waals surface area contributed by atoms with Crippen molar-refractivity contribution in [1.82, 2.24) is 20.4 Å². The van der Waals surface area contributed by atoms with Gasteiger partial charge in [-0.05, 0) is 36.4 Å². The van der Waals surface area contributed by atoms with Crippen LogP contribution in [0.4, 0.5) is 0 Å². The van der Waals surface area contributed by atoms with Crippen molar-refractivity contribution in [3.63, 3.8) is 0 Å². The highest BCUT2D eigenvalue weighted by Crippen LogP contribution is 2.26. The molecule has 7 heteroatoms. The number of methoxy groups -OCH3 is 1. The maximum atomic E-state index is 12.5. The second-order valence-corrected chi connectivity index (χ2v) is 7.02. The van der Waals surface area contributed by atoms with Gasteiger partial charge >= 0.3 is 0 Å². The molecule has 0 spiro atoms. The number of nitrogens with zero attached hydrogens (tertiary/aromatic N) is 2. The van der Waals surface area contributed by atoms with Crippen LogP contribution in [0.3, 0.4) is 0 Å². The van der Waals surface area contributed by atoms with Gasteiger partial charge in [-0.1, -0.05) is 18.2 Å². The van der Waals surface area contributed by atoms with Crippen LogP contribution in [0.25, 0.3) is 16.9 Å². The van der Waals surface area contributed by atoms with Crippen LogP contribution in [0.15, 0.2) is 60.8 Å². The molecule has 1 saturated heterocycles. The lowest BCUT2D eigenvalue weighted by atomic mass is 10.0. The zero-order chi connectivity index (χ0) is 19.3. The van der Waals surface area contributed by atoms with Crippen molar-refractivity contribution in [2.75, 3.05) is 26.7 Å². The van der Waals surface area contributed by atoms with E-state index in [0.717, 1.165) is 47.9 Å². The number of aromatic nitrogens is 2. The summed E-state index contributed by atoms with van der Waals surface area (Å²) >= 11 is 0. The first-order valence-corrected chi connectivity index (χ1v) is 9.49. The van der Waals surface area contributed by atoms with E-state index in [9.17, 15) is 4.79 Å². The minimum Gasteiger partial charge on any atom is -0.497 e. The lowest BCUT2D eigenvalue weighted by Crippen LogP contribution is -2.48. The zero-order valence-electron chi connectivity index (χ0n) is 16.3. The molecule has 3 aromatic rings. The van der Waals surface area contributed by atoms with Gasteiger partial charge in [0.1, 0.15) is 5.75 Å². The van der Waals surface area contributed by atoms with Gasteiger partial charge in [0.2, 0.25) is 5.91 Å². The van der Waals surface area contributed by atoms with E-state index in [1.165, 1.54) is 0 Å². The Kier molecular flexibility index (Phi) is 6.90. The van der Waals surface area contributed by atoms with Crippen LogP contribution in [0, 0.1) is 5.92 Å². The van der Waals surface area contributed by atoms with Crippen molar-refractivity contribution >= 4 is 18.3 Å². The lowest BCUT2D eigenvalue weighted by Gasteiger charge is -2.27. The standard InChI is InChI=1S/C22H24N4O2.ClH/c1-28-20-9-7-17(8-10-20)22-18(11-21(27)24-14-16-12-23-13-16)15-26(25-22)19-5-3-2-4-6-19;/h2-10,15-16,23H,11-14H2,1H3,(H,24,27);1H. The summed E-state index contributed by atoms with van der Waals surface area (Å²) in [6.07, 6.45) is 2.24. The highest BCUT2D eigenvalue weighted by molar-refractivity contribution is 5.85. The molecule has 0 bridgehead atoms. The molecule has 1 amide bonds. The van der Waals surface area contributed by atoms with Gasteiger partial charge in [0, 0.05) is 42.9 Å². The lowest BCUT2D eigenvalue weighted by molar-refractivity contribution is -0.120. The van der Waals surface area contributed by atoms with Crippen molar-refractivity contribution in [3.8, 4) is 22.7 Å². The molecule has 0 unspecified atom stereocenters. The normalized spacial score (nSPS) is 13.3. The van der Waals surface area contributed by atoms with Crippen LogP contribution in [0.2, 0.25) is 0 Å².